The Morgan fingerprint density at radius 1 is 1.07 bits per heavy atom. The molecule has 3 aliphatic rings. The van der Waals surface area contributed by atoms with Crippen LogP contribution in [0.5, 0.6) is 23.0 Å². The van der Waals surface area contributed by atoms with Gasteiger partial charge in [0.1, 0.15) is 29.1 Å². The van der Waals surface area contributed by atoms with Crippen LogP contribution in [0.4, 0.5) is 0 Å². The van der Waals surface area contributed by atoms with Gasteiger partial charge in [0.25, 0.3) is 0 Å². The van der Waals surface area contributed by atoms with Gasteiger partial charge in [-0.2, -0.15) is 0 Å². The molecule has 0 amide bonds. The monoisotopic (exact) mass is 412 g/mol. The Kier molecular flexibility index (Phi) is 3.90. The summed E-state index contributed by atoms with van der Waals surface area (Å²) in [5, 5.41) is 21.5. The first kappa shape index (κ1) is 18.9. The zero-order valence-corrected chi connectivity index (χ0v) is 16.6. The standard InChI is InChI=1S/C22H20O8/c1-22-5-4-12(23)21(30-22)17-14(29-22)8-11-16(20(17)26)19(25)15-10(18(11)24)6-9(27-2)7-13(15)28-3/h6-8,12,21,23,26H,4-5H2,1-3H3. The maximum atomic E-state index is 13.4. The molecule has 156 valence electrons. The Balaban J connectivity index is 1.76. The molecule has 1 fully saturated rings. The average Bonchev–Trinajstić information content (AvgIpc) is 2.73. The minimum atomic E-state index is -0.982. The Hall–Kier alpha value is -3.10. The molecule has 0 radical (unpaired) electrons. The van der Waals surface area contributed by atoms with Gasteiger partial charge in [-0.1, -0.05) is 0 Å². The number of aliphatic hydroxyl groups excluding tert-OH is 1. The molecule has 8 nitrogen and oxygen atoms in total. The Labute approximate surface area is 171 Å². The van der Waals surface area contributed by atoms with E-state index in [2.05, 4.69) is 0 Å². The van der Waals surface area contributed by atoms with Crippen molar-refractivity contribution in [2.45, 2.75) is 37.8 Å². The lowest BCUT2D eigenvalue weighted by Crippen LogP contribution is -2.48. The van der Waals surface area contributed by atoms with Crippen molar-refractivity contribution < 1.29 is 38.7 Å². The first-order valence-corrected chi connectivity index (χ1v) is 9.58. The van der Waals surface area contributed by atoms with Crippen LogP contribution >= 0.6 is 0 Å². The third kappa shape index (κ3) is 2.41. The van der Waals surface area contributed by atoms with Gasteiger partial charge in [0, 0.05) is 30.5 Å². The molecule has 2 heterocycles. The highest BCUT2D eigenvalue weighted by Crippen LogP contribution is 2.53. The topological polar surface area (TPSA) is 112 Å². The smallest absolute Gasteiger partial charge is 0.208 e. The molecule has 8 heteroatoms. The molecule has 2 bridgehead atoms. The van der Waals surface area contributed by atoms with E-state index in [4.69, 9.17) is 18.9 Å². The molecule has 2 N–H and O–H groups in total. The molecule has 30 heavy (non-hydrogen) atoms. The van der Waals surface area contributed by atoms with Crippen LogP contribution in [0.1, 0.15) is 63.3 Å². The van der Waals surface area contributed by atoms with Gasteiger partial charge in [-0.3, -0.25) is 9.59 Å². The number of rotatable bonds is 2. The van der Waals surface area contributed by atoms with Gasteiger partial charge in [0.15, 0.2) is 5.78 Å². The number of carbonyl (C=O) groups is 2. The second-order valence-corrected chi connectivity index (χ2v) is 7.85. The van der Waals surface area contributed by atoms with Crippen LogP contribution in [0.15, 0.2) is 18.2 Å². The molecule has 0 aromatic heterocycles. The van der Waals surface area contributed by atoms with Crippen molar-refractivity contribution in [2.75, 3.05) is 14.2 Å². The lowest BCUT2D eigenvalue weighted by atomic mass is 9.80. The first-order valence-electron chi connectivity index (χ1n) is 9.58. The number of phenolic OH excluding ortho intramolecular Hbond substituents is 1. The summed E-state index contributed by atoms with van der Waals surface area (Å²) >= 11 is 0. The zero-order chi connectivity index (χ0) is 21.4. The van der Waals surface area contributed by atoms with Crippen molar-refractivity contribution in [2.24, 2.45) is 0 Å². The van der Waals surface area contributed by atoms with Crippen molar-refractivity contribution in [3.63, 3.8) is 0 Å². The number of aliphatic hydroxyl groups is 1. The summed E-state index contributed by atoms with van der Waals surface area (Å²) in [7, 11) is 2.83. The number of ketones is 2. The molecule has 3 atom stereocenters. The second-order valence-electron chi connectivity index (χ2n) is 7.85. The highest BCUT2D eigenvalue weighted by Gasteiger charge is 2.49. The number of ether oxygens (including phenoxy) is 4. The number of aromatic hydroxyl groups is 1. The maximum Gasteiger partial charge on any atom is 0.208 e. The Morgan fingerprint density at radius 3 is 2.50 bits per heavy atom. The van der Waals surface area contributed by atoms with E-state index in [1.807, 2.05) is 0 Å². The molecular formula is C22H20O8. The molecule has 1 saturated heterocycles. The van der Waals surface area contributed by atoms with Gasteiger partial charge < -0.3 is 29.2 Å². The van der Waals surface area contributed by atoms with Gasteiger partial charge in [-0.05, 0) is 18.6 Å². The van der Waals surface area contributed by atoms with Gasteiger partial charge in [0.2, 0.25) is 11.6 Å². The van der Waals surface area contributed by atoms with Gasteiger partial charge in [-0.15, -0.1) is 0 Å². The number of hydrogen-bond acceptors (Lipinski definition) is 8. The van der Waals surface area contributed by atoms with E-state index in [-0.39, 0.29) is 39.3 Å². The summed E-state index contributed by atoms with van der Waals surface area (Å²) in [6.45, 7) is 1.74. The van der Waals surface area contributed by atoms with Crippen LogP contribution in [0, 0.1) is 0 Å². The SMILES string of the molecule is COc1cc(OC)c2c(c1)C(=O)c1cc3c(c(O)c1C2=O)C1OC(C)(CCC1O)O3. The van der Waals surface area contributed by atoms with Crippen LogP contribution in [0.25, 0.3) is 0 Å². The average molecular weight is 412 g/mol. The molecular weight excluding hydrogens is 392 g/mol. The second kappa shape index (κ2) is 6.20. The summed E-state index contributed by atoms with van der Waals surface area (Å²) in [5.41, 5.74) is 0.232. The molecule has 2 aromatic carbocycles. The maximum absolute atomic E-state index is 13.4. The third-order valence-corrected chi connectivity index (χ3v) is 6.01. The quantitative estimate of drug-likeness (QED) is 0.660. The van der Waals surface area contributed by atoms with Crippen LogP contribution in [0.3, 0.4) is 0 Å². The third-order valence-electron chi connectivity index (χ3n) is 6.01. The van der Waals surface area contributed by atoms with Gasteiger partial charge in [-0.25, -0.2) is 0 Å². The van der Waals surface area contributed by atoms with E-state index >= 15 is 0 Å². The molecule has 0 saturated carbocycles. The summed E-state index contributed by atoms with van der Waals surface area (Å²) in [6.07, 6.45) is -0.864. The molecule has 2 aromatic rings. The van der Waals surface area contributed by atoms with Crippen molar-refractivity contribution in [3.05, 3.63) is 46.0 Å². The lowest BCUT2D eigenvalue weighted by molar-refractivity contribution is -0.270. The predicted octanol–water partition coefficient (Wildman–Crippen LogP) is 2.51. The van der Waals surface area contributed by atoms with Crippen LogP contribution < -0.4 is 14.2 Å². The fraction of sp³-hybridized carbons (Fsp3) is 0.364. The minimum absolute atomic E-state index is 0.0251. The molecule has 5 rings (SSSR count). The van der Waals surface area contributed by atoms with Crippen molar-refractivity contribution in [1.29, 1.82) is 0 Å². The number of benzene rings is 2. The number of hydrogen-bond donors (Lipinski definition) is 2. The van der Waals surface area contributed by atoms with E-state index in [0.29, 0.717) is 18.6 Å². The highest BCUT2D eigenvalue weighted by molar-refractivity contribution is 6.30. The fourth-order valence-corrected chi connectivity index (χ4v) is 4.51. The molecule has 2 aliphatic heterocycles. The summed E-state index contributed by atoms with van der Waals surface area (Å²) in [4.78, 5) is 26.7. The van der Waals surface area contributed by atoms with Gasteiger partial charge in [0.05, 0.1) is 37.0 Å². The van der Waals surface area contributed by atoms with E-state index < -0.39 is 35.3 Å². The molecule has 3 unspecified atom stereocenters. The number of carbonyl (C=O) groups excluding carboxylic acids is 2. The zero-order valence-electron chi connectivity index (χ0n) is 16.6. The number of fused-ring (bicyclic) bond motifs is 6. The van der Waals surface area contributed by atoms with Crippen molar-refractivity contribution in [3.8, 4) is 23.0 Å². The van der Waals surface area contributed by atoms with Crippen LogP contribution in [-0.2, 0) is 4.74 Å². The van der Waals surface area contributed by atoms with Crippen LogP contribution in [0.2, 0.25) is 0 Å². The summed E-state index contributed by atoms with van der Waals surface area (Å²) < 4.78 is 22.3. The van der Waals surface area contributed by atoms with Crippen molar-refractivity contribution in [1.82, 2.24) is 0 Å². The lowest BCUT2D eigenvalue weighted by Gasteiger charge is -2.46. The number of phenols is 1. The van der Waals surface area contributed by atoms with E-state index in [9.17, 15) is 19.8 Å². The largest absolute Gasteiger partial charge is 0.507 e. The predicted molar refractivity (Wildman–Crippen MR) is 103 cm³/mol. The molecule has 0 spiro atoms. The Bertz CT molecular complexity index is 1120. The fourth-order valence-electron chi connectivity index (χ4n) is 4.51. The Morgan fingerprint density at radius 2 is 1.80 bits per heavy atom. The first-order chi connectivity index (χ1) is 14.3. The highest BCUT2D eigenvalue weighted by atomic mass is 16.7. The minimum Gasteiger partial charge on any atom is -0.507 e. The molecule has 1 aliphatic carbocycles. The van der Waals surface area contributed by atoms with Gasteiger partial charge >= 0.3 is 0 Å². The normalized spacial score (nSPS) is 26.3. The van der Waals surface area contributed by atoms with E-state index in [1.165, 1.54) is 32.4 Å². The summed E-state index contributed by atoms with van der Waals surface area (Å²) in [6, 6.07) is 4.43. The van der Waals surface area contributed by atoms with E-state index in [0.717, 1.165) is 0 Å². The van der Waals surface area contributed by atoms with E-state index in [1.54, 1.807) is 6.92 Å². The van der Waals surface area contributed by atoms with Crippen molar-refractivity contribution >= 4 is 11.6 Å². The summed E-state index contributed by atoms with van der Waals surface area (Å²) in [5.74, 6) is -1.65. The number of methoxy groups -OCH3 is 2. The van der Waals surface area contributed by atoms with Crippen LogP contribution in [-0.4, -0.2) is 47.9 Å².